The zero-order chi connectivity index (χ0) is 17.2. The summed E-state index contributed by atoms with van der Waals surface area (Å²) in [5, 5.41) is 22.1. The Morgan fingerprint density at radius 1 is 1.52 bits per heavy atom. The van der Waals surface area contributed by atoms with Gasteiger partial charge in [-0.2, -0.15) is 0 Å². The van der Waals surface area contributed by atoms with Crippen LogP contribution >= 0.6 is 22.6 Å². The van der Waals surface area contributed by atoms with Crippen LogP contribution in [0.1, 0.15) is 53.4 Å². The molecule has 3 aliphatic rings. The van der Waals surface area contributed by atoms with E-state index in [1.54, 1.807) is 0 Å². The van der Waals surface area contributed by atoms with Crippen molar-refractivity contribution in [1.82, 2.24) is 0 Å². The minimum atomic E-state index is -0.470. The summed E-state index contributed by atoms with van der Waals surface area (Å²) in [4.78, 5) is 11.7. The number of aliphatic hydroxyl groups is 1. The van der Waals surface area contributed by atoms with Crippen molar-refractivity contribution >= 4 is 22.6 Å². The summed E-state index contributed by atoms with van der Waals surface area (Å²) in [6, 6.07) is -0.470. The Bertz CT molecular complexity index is 564. The molecule has 0 bridgehead atoms. The van der Waals surface area contributed by atoms with Crippen LogP contribution in [0.4, 0.5) is 0 Å². The minimum Gasteiger partial charge on any atom is -0.396 e. The van der Waals surface area contributed by atoms with E-state index in [1.165, 1.54) is 5.57 Å². The van der Waals surface area contributed by atoms with Crippen LogP contribution in [0, 0.1) is 38.7 Å². The number of allylic oxidation sites excluding steroid dienone is 2. The molecule has 3 unspecified atom stereocenters. The molecule has 1 spiro atoms. The number of halogens is 1. The highest BCUT2D eigenvalue weighted by Gasteiger charge is 2.83. The quantitative estimate of drug-likeness (QED) is 0.238. The number of alkyl halides is 1. The van der Waals surface area contributed by atoms with Gasteiger partial charge in [0, 0.05) is 23.4 Å². The van der Waals surface area contributed by atoms with E-state index in [9.17, 15) is 15.2 Å². The molecule has 0 heterocycles. The van der Waals surface area contributed by atoms with Gasteiger partial charge in [-0.25, -0.2) is 0 Å². The predicted octanol–water partition coefficient (Wildman–Crippen LogP) is 4.23. The maximum absolute atomic E-state index is 11.8. The fraction of sp³-hybridized carbons (Fsp3) is 0.889. The van der Waals surface area contributed by atoms with Gasteiger partial charge in [0.15, 0.2) is 0 Å². The molecule has 3 rings (SSSR count). The number of rotatable bonds is 3. The molecule has 3 fully saturated rings. The minimum absolute atomic E-state index is 0.0317. The molecule has 3 aliphatic carbocycles. The van der Waals surface area contributed by atoms with Gasteiger partial charge in [0.25, 0.3) is 0 Å². The zero-order valence-electron chi connectivity index (χ0n) is 14.5. The van der Waals surface area contributed by atoms with E-state index in [-0.39, 0.29) is 31.7 Å². The maximum atomic E-state index is 11.8. The summed E-state index contributed by atoms with van der Waals surface area (Å²) < 4.78 is -0.321. The summed E-state index contributed by atoms with van der Waals surface area (Å²) in [6.45, 7) is 8.89. The van der Waals surface area contributed by atoms with E-state index in [4.69, 9.17) is 0 Å². The van der Waals surface area contributed by atoms with Crippen LogP contribution in [0.25, 0.3) is 0 Å². The first-order chi connectivity index (χ1) is 10.7. The van der Waals surface area contributed by atoms with Gasteiger partial charge in [0.2, 0.25) is 6.04 Å². The molecular weight excluding hydrogens is 405 g/mol. The lowest BCUT2D eigenvalue weighted by molar-refractivity contribution is -0.535. The van der Waals surface area contributed by atoms with Crippen molar-refractivity contribution in [3.8, 4) is 0 Å². The van der Waals surface area contributed by atoms with Crippen molar-refractivity contribution in [2.24, 2.45) is 28.6 Å². The van der Waals surface area contributed by atoms with Gasteiger partial charge in [-0.05, 0) is 56.3 Å². The molecule has 0 aromatic heterocycles. The molecule has 0 radical (unpaired) electrons. The van der Waals surface area contributed by atoms with Crippen LogP contribution in [-0.2, 0) is 0 Å². The van der Waals surface area contributed by atoms with Crippen molar-refractivity contribution < 1.29 is 10.0 Å². The Hall–Kier alpha value is -0.170. The van der Waals surface area contributed by atoms with Crippen LogP contribution < -0.4 is 0 Å². The fourth-order valence-corrected chi connectivity index (χ4v) is 8.99. The summed E-state index contributed by atoms with van der Waals surface area (Å²) in [7, 11) is 0. The smallest absolute Gasteiger partial charge is 0.228 e. The van der Waals surface area contributed by atoms with Gasteiger partial charge >= 0.3 is 0 Å². The van der Waals surface area contributed by atoms with Crippen LogP contribution in [-0.4, -0.2) is 26.1 Å². The molecule has 3 saturated carbocycles. The lowest BCUT2D eigenvalue weighted by Crippen LogP contribution is -2.62. The van der Waals surface area contributed by atoms with E-state index in [1.807, 2.05) is 0 Å². The van der Waals surface area contributed by atoms with Gasteiger partial charge in [-0.3, -0.25) is 10.1 Å². The molecule has 0 amide bonds. The number of hydrogen-bond acceptors (Lipinski definition) is 3. The van der Waals surface area contributed by atoms with E-state index in [0.29, 0.717) is 18.3 Å². The van der Waals surface area contributed by atoms with Crippen LogP contribution in [0.3, 0.4) is 0 Å². The number of nitro groups is 1. The number of nitrogens with zero attached hydrogens (tertiary/aromatic N) is 1. The molecule has 0 aromatic rings. The Balaban J connectivity index is 2.12. The summed E-state index contributed by atoms with van der Waals surface area (Å²) in [6.07, 6.45) is 5.70. The third-order valence-electron chi connectivity index (χ3n) is 7.59. The second-order valence-electron chi connectivity index (χ2n) is 8.44. The normalized spacial score (nSPS) is 52.5. The highest BCUT2D eigenvalue weighted by atomic mass is 127. The average Bonchev–Trinajstić information content (AvgIpc) is 3.10. The molecule has 130 valence electrons. The number of aliphatic hydroxyl groups excluding tert-OH is 1. The Morgan fingerprint density at radius 2 is 2.17 bits per heavy atom. The standard InChI is InChI=1S/C18H28INO3/c1-5-11(2)15-12(3)8-18(19)14(20(22)23)6-7-16(4)10-17(16,18)13(15)9-21/h5,12-15,21H,6-10H2,1-4H3/b11-5-/t12-,13+,14-,15?,16?,17?,18+/m0/s1. The van der Waals surface area contributed by atoms with E-state index >= 15 is 0 Å². The Labute approximate surface area is 152 Å². The first kappa shape index (κ1) is 17.6. The maximum Gasteiger partial charge on any atom is 0.228 e. The first-order valence-electron chi connectivity index (χ1n) is 8.74. The monoisotopic (exact) mass is 433 g/mol. The van der Waals surface area contributed by atoms with Crippen LogP contribution in [0.15, 0.2) is 11.6 Å². The van der Waals surface area contributed by atoms with Crippen molar-refractivity contribution in [2.45, 2.75) is 62.8 Å². The summed E-state index contributed by atoms with van der Waals surface area (Å²) in [5.41, 5.74) is 1.43. The molecular formula is C18H28INO3. The average molecular weight is 433 g/mol. The molecule has 0 aromatic carbocycles. The SMILES string of the molecule is C/C=C(/C)C1[C@@H](CO)C23CC2(C)CC[C@H]([N+](=O)[O-])[C@]3(I)C[C@@H]1C. The third kappa shape index (κ3) is 2.04. The Morgan fingerprint density at radius 3 is 2.70 bits per heavy atom. The second-order valence-corrected chi connectivity index (χ2v) is 10.4. The topological polar surface area (TPSA) is 63.4 Å². The van der Waals surface area contributed by atoms with E-state index in [2.05, 4.69) is 56.4 Å². The van der Waals surface area contributed by atoms with Crippen LogP contribution in [0.5, 0.6) is 0 Å². The van der Waals surface area contributed by atoms with Crippen molar-refractivity contribution in [2.75, 3.05) is 6.61 Å². The molecule has 23 heavy (non-hydrogen) atoms. The zero-order valence-corrected chi connectivity index (χ0v) is 16.7. The van der Waals surface area contributed by atoms with Crippen LogP contribution in [0.2, 0.25) is 0 Å². The van der Waals surface area contributed by atoms with Crippen molar-refractivity contribution in [3.63, 3.8) is 0 Å². The van der Waals surface area contributed by atoms with Gasteiger partial charge in [-0.1, -0.05) is 48.1 Å². The highest BCUT2D eigenvalue weighted by molar-refractivity contribution is 14.1. The highest BCUT2D eigenvalue weighted by Crippen LogP contribution is 2.83. The predicted molar refractivity (Wildman–Crippen MR) is 99.2 cm³/mol. The largest absolute Gasteiger partial charge is 0.396 e. The molecule has 0 aliphatic heterocycles. The van der Waals surface area contributed by atoms with Gasteiger partial charge in [0.05, 0.1) is 3.42 Å². The van der Waals surface area contributed by atoms with Gasteiger partial charge in [0.1, 0.15) is 0 Å². The van der Waals surface area contributed by atoms with Gasteiger partial charge in [-0.15, -0.1) is 0 Å². The lowest BCUT2D eigenvalue weighted by atomic mass is 9.52. The molecule has 4 nitrogen and oxygen atoms in total. The lowest BCUT2D eigenvalue weighted by Gasteiger charge is -2.56. The summed E-state index contributed by atoms with van der Waals surface area (Å²) in [5.74, 6) is 0.864. The molecule has 5 heteroatoms. The molecule has 7 atom stereocenters. The van der Waals surface area contributed by atoms with E-state index in [0.717, 1.165) is 19.3 Å². The molecule has 1 N–H and O–H groups in total. The number of hydrogen-bond donors (Lipinski definition) is 1. The first-order valence-corrected chi connectivity index (χ1v) is 9.82. The third-order valence-corrected chi connectivity index (χ3v) is 9.71. The molecule has 0 saturated heterocycles. The van der Waals surface area contributed by atoms with Crippen molar-refractivity contribution in [1.29, 1.82) is 0 Å². The van der Waals surface area contributed by atoms with E-state index < -0.39 is 6.04 Å². The fourth-order valence-electron chi connectivity index (χ4n) is 6.52. The van der Waals surface area contributed by atoms with Gasteiger partial charge < -0.3 is 5.11 Å². The Kier molecular flexibility index (Phi) is 4.15. The second kappa shape index (κ2) is 5.41. The van der Waals surface area contributed by atoms with Crippen molar-refractivity contribution in [3.05, 3.63) is 21.8 Å². The summed E-state index contributed by atoms with van der Waals surface area (Å²) >= 11 is 2.44.